The number of nitrogens with zero attached hydrogens (tertiary/aromatic N) is 2. The van der Waals surface area contributed by atoms with E-state index in [0.29, 0.717) is 17.1 Å². The third-order valence-corrected chi connectivity index (χ3v) is 5.00. The van der Waals surface area contributed by atoms with E-state index in [1.165, 1.54) is 28.5 Å². The summed E-state index contributed by atoms with van der Waals surface area (Å²) < 4.78 is 1.28. The molecule has 0 bridgehead atoms. The zero-order chi connectivity index (χ0) is 17.2. The maximum atomic E-state index is 12.6. The Kier molecular flexibility index (Phi) is 4.09. The minimum Gasteiger partial charge on any atom is -0.349 e. The van der Waals surface area contributed by atoms with Crippen molar-refractivity contribution in [2.45, 2.75) is 37.6 Å². The van der Waals surface area contributed by atoms with Gasteiger partial charge in [-0.05, 0) is 37.2 Å². The summed E-state index contributed by atoms with van der Waals surface area (Å²) in [6.07, 6.45) is 7.02. The molecule has 0 radical (unpaired) electrons. The average molecular weight is 336 g/mol. The molecule has 1 aliphatic carbocycles. The predicted octanol–water partition coefficient (Wildman–Crippen LogP) is 2.48. The van der Waals surface area contributed by atoms with Gasteiger partial charge in [-0.1, -0.05) is 30.3 Å². The van der Waals surface area contributed by atoms with E-state index in [1.54, 1.807) is 0 Å². The van der Waals surface area contributed by atoms with E-state index in [2.05, 4.69) is 39.7 Å². The van der Waals surface area contributed by atoms with Crippen LogP contribution in [0.4, 0.5) is 0 Å². The first-order valence-electron chi connectivity index (χ1n) is 8.63. The molecule has 1 aliphatic rings. The zero-order valence-electron chi connectivity index (χ0n) is 13.8. The number of H-pyrrole nitrogens is 1. The third-order valence-electron chi connectivity index (χ3n) is 5.00. The molecule has 0 saturated heterocycles. The van der Waals surface area contributed by atoms with Crippen LogP contribution in [0.25, 0.3) is 5.65 Å². The van der Waals surface area contributed by atoms with Crippen LogP contribution in [-0.2, 0) is 0 Å². The fourth-order valence-corrected chi connectivity index (χ4v) is 3.64. The van der Waals surface area contributed by atoms with Crippen LogP contribution in [0.15, 0.2) is 53.6 Å². The first-order chi connectivity index (χ1) is 12.2. The summed E-state index contributed by atoms with van der Waals surface area (Å²) in [5.74, 6) is 0.391. The van der Waals surface area contributed by atoms with Gasteiger partial charge in [0.1, 0.15) is 5.56 Å². The molecule has 0 unspecified atom stereocenters. The Morgan fingerprint density at radius 2 is 1.88 bits per heavy atom. The minimum absolute atomic E-state index is 0.165. The van der Waals surface area contributed by atoms with E-state index in [9.17, 15) is 9.59 Å². The van der Waals surface area contributed by atoms with Gasteiger partial charge in [0, 0.05) is 24.5 Å². The molecule has 4 rings (SSSR count). The summed E-state index contributed by atoms with van der Waals surface area (Å²) in [4.78, 5) is 28.4. The highest BCUT2D eigenvalue weighted by molar-refractivity contribution is 5.99. The predicted molar refractivity (Wildman–Crippen MR) is 94.7 cm³/mol. The fraction of sp³-hybridized carbons (Fsp3) is 0.316. The highest BCUT2D eigenvalue weighted by Crippen LogP contribution is 2.32. The van der Waals surface area contributed by atoms with E-state index < -0.39 is 0 Å². The second-order valence-electron chi connectivity index (χ2n) is 6.56. The topological polar surface area (TPSA) is 79.3 Å². The number of carbonyl (C=O) groups excluding carboxylic acids is 1. The monoisotopic (exact) mass is 336 g/mol. The van der Waals surface area contributed by atoms with Gasteiger partial charge in [-0.25, -0.2) is 9.50 Å². The smallest absolute Gasteiger partial charge is 0.272 e. The van der Waals surface area contributed by atoms with E-state index in [4.69, 9.17) is 0 Å². The third kappa shape index (κ3) is 3.07. The molecule has 1 saturated carbocycles. The number of hydrogen-bond donors (Lipinski definition) is 2. The Labute approximate surface area is 144 Å². The Balaban J connectivity index is 1.42. The summed E-state index contributed by atoms with van der Waals surface area (Å²) in [6, 6.07) is 12.1. The van der Waals surface area contributed by atoms with E-state index in [-0.39, 0.29) is 17.5 Å². The summed E-state index contributed by atoms with van der Waals surface area (Å²) in [5, 5.41) is 5.87. The van der Waals surface area contributed by atoms with Crippen molar-refractivity contribution < 1.29 is 4.79 Å². The van der Waals surface area contributed by atoms with Crippen molar-refractivity contribution in [1.82, 2.24) is 19.9 Å². The van der Waals surface area contributed by atoms with Crippen LogP contribution in [0.5, 0.6) is 0 Å². The van der Waals surface area contributed by atoms with Crippen molar-refractivity contribution in [3.63, 3.8) is 0 Å². The van der Waals surface area contributed by atoms with E-state index in [1.807, 2.05) is 6.07 Å². The first kappa shape index (κ1) is 15.6. The molecule has 1 aromatic carbocycles. The SMILES string of the molecule is O=C(NC1CCC(c2ccccc2)CC1)c1c[nH]n2c(=O)ccnc12. The molecule has 2 aromatic heterocycles. The van der Waals surface area contributed by atoms with Gasteiger partial charge in [-0.15, -0.1) is 0 Å². The molecular formula is C19H20N4O2. The van der Waals surface area contributed by atoms with Crippen LogP contribution < -0.4 is 10.9 Å². The summed E-state index contributed by atoms with van der Waals surface area (Å²) in [6.45, 7) is 0. The average Bonchev–Trinajstić information content (AvgIpc) is 3.09. The lowest BCUT2D eigenvalue weighted by molar-refractivity contribution is 0.0927. The van der Waals surface area contributed by atoms with Crippen LogP contribution in [0.2, 0.25) is 0 Å². The van der Waals surface area contributed by atoms with Crippen LogP contribution in [0, 0.1) is 0 Å². The molecular weight excluding hydrogens is 316 g/mol. The highest BCUT2D eigenvalue weighted by atomic mass is 16.2. The number of aromatic amines is 1. The van der Waals surface area contributed by atoms with Crippen molar-refractivity contribution in [2.24, 2.45) is 0 Å². The van der Waals surface area contributed by atoms with Crippen molar-refractivity contribution in [2.75, 3.05) is 0 Å². The molecule has 6 heteroatoms. The van der Waals surface area contributed by atoms with Crippen molar-refractivity contribution >= 4 is 11.6 Å². The molecule has 3 aromatic rings. The Morgan fingerprint density at radius 1 is 1.12 bits per heavy atom. The van der Waals surface area contributed by atoms with Gasteiger partial charge in [0.15, 0.2) is 5.65 Å². The summed E-state index contributed by atoms with van der Waals surface area (Å²) in [5.41, 5.74) is 1.92. The summed E-state index contributed by atoms with van der Waals surface area (Å²) in [7, 11) is 0. The number of fused-ring (bicyclic) bond motifs is 1. The fourth-order valence-electron chi connectivity index (χ4n) is 3.64. The van der Waals surface area contributed by atoms with Crippen LogP contribution >= 0.6 is 0 Å². The quantitative estimate of drug-likeness (QED) is 0.771. The second-order valence-corrected chi connectivity index (χ2v) is 6.56. The number of amides is 1. The number of hydrogen-bond acceptors (Lipinski definition) is 3. The van der Waals surface area contributed by atoms with Gasteiger partial charge >= 0.3 is 0 Å². The number of nitrogens with one attached hydrogen (secondary N) is 2. The normalized spacial score (nSPS) is 20.5. The molecule has 1 amide bonds. The molecule has 0 aliphatic heterocycles. The largest absolute Gasteiger partial charge is 0.349 e. The van der Waals surface area contributed by atoms with Gasteiger partial charge in [-0.2, -0.15) is 0 Å². The van der Waals surface area contributed by atoms with Gasteiger partial charge in [0.05, 0.1) is 0 Å². The summed E-state index contributed by atoms with van der Waals surface area (Å²) >= 11 is 0. The van der Waals surface area contributed by atoms with E-state index in [0.717, 1.165) is 25.7 Å². The lowest BCUT2D eigenvalue weighted by atomic mass is 9.82. The lowest BCUT2D eigenvalue weighted by Crippen LogP contribution is -2.37. The molecule has 6 nitrogen and oxygen atoms in total. The number of benzene rings is 1. The molecule has 0 atom stereocenters. The Morgan fingerprint density at radius 3 is 2.64 bits per heavy atom. The van der Waals surface area contributed by atoms with Crippen LogP contribution in [-0.4, -0.2) is 26.5 Å². The van der Waals surface area contributed by atoms with Crippen LogP contribution in [0.1, 0.15) is 47.5 Å². The molecule has 128 valence electrons. The maximum Gasteiger partial charge on any atom is 0.272 e. The standard InChI is InChI=1S/C19H20N4O2/c24-17-10-11-20-18-16(12-21-23(17)18)19(25)22-15-8-6-14(7-9-15)13-4-2-1-3-5-13/h1-5,10-12,14-15,21H,6-9H2,(H,22,25). The molecule has 0 spiro atoms. The number of rotatable bonds is 3. The van der Waals surface area contributed by atoms with Crippen molar-refractivity contribution in [3.05, 3.63) is 70.3 Å². The van der Waals surface area contributed by atoms with Gasteiger partial charge in [0.25, 0.3) is 11.5 Å². The lowest BCUT2D eigenvalue weighted by Gasteiger charge is -2.29. The minimum atomic E-state index is -0.229. The molecule has 1 fully saturated rings. The maximum absolute atomic E-state index is 12.6. The van der Waals surface area contributed by atoms with Crippen molar-refractivity contribution in [1.29, 1.82) is 0 Å². The molecule has 2 N–H and O–H groups in total. The Bertz CT molecular complexity index is 937. The second kappa shape index (κ2) is 6.55. The number of carbonyl (C=O) groups is 1. The van der Waals surface area contributed by atoms with Crippen molar-refractivity contribution in [3.8, 4) is 0 Å². The van der Waals surface area contributed by atoms with Gasteiger partial charge < -0.3 is 5.32 Å². The van der Waals surface area contributed by atoms with Gasteiger partial charge in [-0.3, -0.25) is 14.7 Å². The zero-order valence-corrected chi connectivity index (χ0v) is 13.8. The van der Waals surface area contributed by atoms with Crippen LogP contribution in [0.3, 0.4) is 0 Å². The van der Waals surface area contributed by atoms with Gasteiger partial charge in [0.2, 0.25) is 0 Å². The first-order valence-corrected chi connectivity index (χ1v) is 8.63. The number of aromatic nitrogens is 3. The molecule has 25 heavy (non-hydrogen) atoms. The Hall–Kier alpha value is -2.89. The highest BCUT2D eigenvalue weighted by Gasteiger charge is 2.24. The van der Waals surface area contributed by atoms with E-state index >= 15 is 0 Å². The molecule has 2 heterocycles.